The highest BCUT2D eigenvalue weighted by Crippen LogP contribution is 2.26. The lowest BCUT2D eigenvalue weighted by molar-refractivity contribution is 0.0697. The van der Waals surface area contributed by atoms with Gasteiger partial charge in [0.25, 0.3) is 0 Å². The number of nitrogens with zero attached hydrogens (tertiary/aromatic N) is 1. The fraction of sp³-hybridized carbons (Fsp3) is 0.161. The van der Waals surface area contributed by atoms with Gasteiger partial charge in [0.1, 0.15) is 18.1 Å². The van der Waals surface area contributed by atoms with Gasteiger partial charge in [-0.1, -0.05) is 48.5 Å². The largest absolute Gasteiger partial charge is 0.494 e. The second-order valence-electron chi connectivity index (χ2n) is 8.76. The number of pyridine rings is 1. The Bertz CT molecular complexity index is 1490. The molecular weight excluding hydrogens is 450 g/mol. The Morgan fingerprint density at radius 1 is 0.722 bits per heavy atom. The zero-order chi connectivity index (χ0) is 24.7. The lowest BCUT2D eigenvalue weighted by Crippen LogP contribution is -1.99. The molecule has 0 amide bonds. The van der Waals surface area contributed by atoms with E-state index in [4.69, 9.17) is 14.6 Å². The van der Waals surface area contributed by atoms with Crippen molar-refractivity contribution < 1.29 is 19.4 Å². The molecule has 0 spiro atoms. The molecule has 0 aliphatic heterocycles. The van der Waals surface area contributed by atoms with Crippen LogP contribution in [0.25, 0.3) is 21.7 Å². The van der Waals surface area contributed by atoms with Gasteiger partial charge in [0, 0.05) is 5.39 Å². The average Bonchev–Trinajstić information content (AvgIpc) is 2.91. The number of para-hydroxylation sites is 1. The van der Waals surface area contributed by atoms with Crippen molar-refractivity contribution in [1.29, 1.82) is 0 Å². The Kier molecular flexibility index (Phi) is 7.08. The molecule has 0 radical (unpaired) electrons. The van der Waals surface area contributed by atoms with Gasteiger partial charge >= 0.3 is 5.97 Å². The monoisotopic (exact) mass is 477 g/mol. The summed E-state index contributed by atoms with van der Waals surface area (Å²) in [5.74, 6) is 0.733. The van der Waals surface area contributed by atoms with E-state index in [0.717, 1.165) is 63.7 Å². The topological polar surface area (TPSA) is 68.7 Å². The number of aromatic carboxylic acids is 1. The van der Waals surface area contributed by atoms with Crippen LogP contribution in [0.1, 0.15) is 34.5 Å². The smallest absolute Gasteiger partial charge is 0.335 e. The molecule has 5 aromatic rings. The number of rotatable bonds is 10. The minimum absolute atomic E-state index is 0.317. The lowest BCUT2D eigenvalue weighted by Gasteiger charge is -2.10. The van der Waals surface area contributed by atoms with Crippen molar-refractivity contribution in [2.75, 3.05) is 6.61 Å². The third-order valence-electron chi connectivity index (χ3n) is 6.16. The summed E-state index contributed by atoms with van der Waals surface area (Å²) in [5, 5.41) is 12.3. The number of carbonyl (C=O) groups is 1. The minimum Gasteiger partial charge on any atom is -0.494 e. The molecule has 0 unspecified atom stereocenters. The van der Waals surface area contributed by atoms with Crippen molar-refractivity contribution in [2.24, 2.45) is 0 Å². The van der Waals surface area contributed by atoms with Crippen LogP contribution < -0.4 is 9.47 Å². The van der Waals surface area contributed by atoms with Gasteiger partial charge in [-0.15, -0.1) is 0 Å². The number of benzene rings is 4. The highest BCUT2D eigenvalue weighted by Gasteiger charge is 2.04. The number of carboxylic acids is 1. The molecule has 0 saturated heterocycles. The summed E-state index contributed by atoms with van der Waals surface area (Å²) in [5.41, 5.74) is 3.31. The third kappa shape index (κ3) is 5.81. The standard InChI is InChI=1S/C31H27NO4/c33-31(34)25-10-8-22(9-11-25)5-3-4-18-35-28-16-13-23-14-17-29(20-26(23)19-28)36-21-27-15-12-24-6-1-2-7-30(24)32-27/h1-2,6-17,19-20H,3-5,18,21H2,(H,33,34). The predicted octanol–water partition coefficient (Wildman–Crippen LogP) is 7.07. The van der Waals surface area contributed by atoms with Crippen LogP contribution in [-0.4, -0.2) is 22.7 Å². The molecule has 0 saturated carbocycles. The number of aromatic nitrogens is 1. The molecule has 5 rings (SSSR count). The number of fused-ring (bicyclic) bond motifs is 2. The van der Waals surface area contributed by atoms with Crippen molar-refractivity contribution in [3.05, 3.63) is 114 Å². The maximum atomic E-state index is 11.0. The summed E-state index contributed by atoms with van der Waals surface area (Å²) < 4.78 is 12.0. The summed E-state index contributed by atoms with van der Waals surface area (Å²) in [4.78, 5) is 15.6. The van der Waals surface area contributed by atoms with E-state index in [2.05, 4.69) is 29.2 Å². The van der Waals surface area contributed by atoms with E-state index in [1.165, 1.54) is 0 Å². The predicted molar refractivity (Wildman–Crippen MR) is 142 cm³/mol. The van der Waals surface area contributed by atoms with Crippen LogP contribution in [0.5, 0.6) is 11.5 Å². The normalized spacial score (nSPS) is 11.0. The first-order valence-electron chi connectivity index (χ1n) is 12.1. The highest BCUT2D eigenvalue weighted by atomic mass is 16.5. The Hall–Kier alpha value is -4.38. The summed E-state index contributed by atoms with van der Waals surface area (Å²) >= 11 is 0. The molecule has 0 bridgehead atoms. The second kappa shape index (κ2) is 10.9. The van der Waals surface area contributed by atoms with Crippen molar-refractivity contribution in [3.63, 3.8) is 0 Å². The van der Waals surface area contributed by atoms with Crippen LogP contribution in [0.4, 0.5) is 0 Å². The van der Waals surface area contributed by atoms with E-state index >= 15 is 0 Å². The van der Waals surface area contributed by atoms with E-state index in [0.29, 0.717) is 18.8 Å². The zero-order valence-corrected chi connectivity index (χ0v) is 19.9. The Morgan fingerprint density at radius 3 is 2.22 bits per heavy atom. The van der Waals surface area contributed by atoms with E-state index in [1.54, 1.807) is 12.1 Å². The van der Waals surface area contributed by atoms with Gasteiger partial charge in [-0.05, 0) is 84.1 Å². The molecule has 1 aromatic heterocycles. The molecule has 180 valence electrons. The van der Waals surface area contributed by atoms with Gasteiger partial charge in [-0.25, -0.2) is 9.78 Å². The molecule has 4 aromatic carbocycles. The van der Waals surface area contributed by atoms with Gasteiger partial charge in [0.2, 0.25) is 0 Å². The molecule has 1 N–H and O–H groups in total. The Balaban J connectivity index is 1.13. The number of ether oxygens (including phenoxy) is 2. The van der Waals surface area contributed by atoms with E-state index in [-0.39, 0.29) is 0 Å². The fourth-order valence-electron chi connectivity index (χ4n) is 4.16. The van der Waals surface area contributed by atoms with Crippen molar-refractivity contribution in [3.8, 4) is 11.5 Å². The molecule has 5 nitrogen and oxygen atoms in total. The van der Waals surface area contributed by atoms with Crippen molar-refractivity contribution in [2.45, 2.75) is 25.9 Å². The Morgan fingerprint density at radius 2 is 1.44 bits per heavy atom. The van der Waals surface area contributed by atoms with E-state index in [1.807, 2.05) is 60.7 Å². The average molecular weight is 478 g/mol. The molecule has 36 heavy (non-hydrogen) atoms. The highest BCUT2D eigenvalue weighted by molar-refractivity contribution is 5.87. The zero-order valence-electron chi connectivity index (χ0n) is 19.9. The van der Waals surface area contributed by atoms with Crippen molar-refractivity contribution >= 4 is 27.6 Å². The summed E-state index contributed by atoms with van der Waals surface area (Å²) in [6.45, 7) is 1.04. The number of aryl methyl sites for hydroxylation is 1. The number of carboxylic acid groups (broad SMARTS) is 1. The number of unbranched alkanes of at least 4 members (excludes halogenated alkanes) is 1. The van der Waals surface area contributed by atoms with Gasteiger partial charge in [-0.3, -0.25) is 0 Å². The quantitative estimate of drug-likeness (QED) is 0.218. The molecule has 0 fully saturated rings. The lowest BCUT2D eigenvalue weighted by atomic mass is 10.1. The second-order valence-corrected chi connectivity index (χ2v) is 8.76. The molecule has 0 aliphatic rings. The first-order valence-corrected chi connectivity index (χ1v) is 12.1. The maximum absolute atomic E-state index is 11.0. The number of hydrogen-bond donors (Lipinski definition) is 1. The molecule has 0 aliphatic carbocycles. The van der Waals surface area contributed by atoms with Crippen LogP contribution in [-0.2, 0) is 13.0 Å². The molecule has 5 heteroatoms. The summed E-state index contributed by atoms with van der Waals surface area (Å²) in [6.07, 6.45) is 2.79. The first-order chi connectivity index (χ1) is 17.6. The van der Waals surface area contributed by atoms with Gasteiger partial charge in [0.15, 0.2) is 0 Å². The minimum atomic E-state index is -0.897. The maximum Gasteiger partial charge on any atom is 0.335 e. The SMILES string of the molecule is O=C(O)c1ccc(CCCCOc2ccc3ccc(OCc4ccc5ccccc5n4)cc3c2)cc1. The van der Waals surface area contributed by atoms with Crippen LogP contribution in [0.15, 0.2) is 97.1 Å². The molecular formula is C31H27NO4. The summed E-state index contributed by atoms with van der Waals surface area (Å²) in [7, 11) is 0. The molecule has 1 heterocycles. The van der Waals surface area contributed by atoms with Gasteiger partial charge < -0.3 is 14.6 Å². The van der Waals surface area contributed by atoms with Gasteiger partial charge in [0.05, 0.1) is 23.4 Å². The van der Waals surface area contributed by atoms with Crippen LogP contribution in [0.3, 0.4) is 0 Å². The third-order valence-corrected chi connectivity index (χ3v) is 6.16. The van der Waals surface area contributed by atoms with Crippen molar-refractivity contribution in [1.82, 2.24) is 4.98 Å². The van der Waals surface area contributed by atoms with Crippen LogP contribution >= 0.6 is 0 Å². The Labute approximate surface area is 210 Å². The van der Waals surface area contributed by atoms with Crippen LogP contribution in [0, 0.1) is 0 Å². The van der Waals surface area contributed by atoms with E-state index in [9.17, 15) is 4.79 Å². The molecule has 0 atom stereocenters. The first kappa shape index (κ1) is 23.4. The van der Waals surface area contributed by atoms with E-state index < -0.39 is 5.97 Å². The summed E-state index contributed by atoms with van der Waals surface area (Å²) in [6, 6.07) is 31.4. The van der Waals surface area contributed by atoms with Crippen LogP contribution in [0.2, 0.25) is 0 Å². The number of hydrogen-bond acceptors (Lipinski definition) is 4. The van der Waals surface area contributed by atoms with Gasteiger partial charge in [-0.2, -0.15) is 0 Å². The fourth-order valence-corrected chi connectivity index (χ4v) is 4.16.